The molecule has 1 aromatic heterocycles. The van der Waals surface area contributed by atoms with Gasteiger partial charge in [0.15, 0.2) is 0 Å². The Labute approximate surface area is 211 Å². The number of imide groups is 1. The van der Waals surface area contributed by atoms with E-state index in [0.717, 1.165) is 53.0 Å². The van der Waals surface area contributed by atoms with Gasteiger partial charge in [-0.15, -0.1) is 0 Å². The van der Waals surface area contributed by atoms with Gasteiger partial charge in [0.05, 0.1) is 13.2 Å². The average Bonchev–Trinajstić information content (AvgIpc) is 3.35. The Hall–Kier alpha value is -3.58. The van der Waals surface area contributed by atoms with Crippen LogP contribution < -0.4 is 4.74 Å². The maximum Gasteiger partial charge on any atom is 0.328 e. The molecular formula is C29H32N4O3. The van der Waals surface area contributed by atoms with Crippen LogP contribution in [0.5, 0.6) is 5.75 Å². The number of nitrogens with zero attached hydrogens (tertiary/aromatic N) is 3. The molecule has 0 saturated carbocycles. The standard InChI is InChI=1S/C29H32N4O3/c1-29-19-23-22-18-21(36-2)11-12-24(22)30-26(23)25(17-20-9-5-3-6-10-20)33(29)28(35)32(27(29)34)16-15-31-13-7-4-8-14-31/h3-7,9-12,18,25,30H,8,13-17,19H2,1-2H3/t25?,29-/m0/s1. The van der Waals surface area contributed by atoms with Crippen LogP contribution in [0.15, 0.2) is 60.7 Å². The molecule has 0 aliphatic carbocycles. The number of urea groups is 1. The first-order chi connectivity index (χ1) is 17.5. The van der Waals surface area contributed by atoms with Crippen LogP contribution in [-0.4, -0.2) is 70.4 Å². The van der Waals surface area contributed by atoms with Gasteiger partial charge in [-0.25, -0.2) is 4.79 Å². The first-order valence-corrected chi connectivity index (χ1v) is 12.7. The largest absolute Gasteiger partial charge is 0.497 e. The summed E-state index contributed by atoms with van der Waals surface area (Å²) >= 11 is 0. The number of rotatable bonds is 6. The lowest BCUT2D eigenvalue weighted by Crippen LogP contribution is -2.53. The van der Waals surface area contributed by atoms with Crippen molar-refractivity contribution in [1.82, 2.24) is 19.7 Å². The molecule has 2 atom stereocenters. The Bertz CT molecular complexity index is 1350. The van der Waals surface area contributed by atoms with E-state index in [0.29, 0.717) is 25.9 Å². The molecule has 0 bridgehead atoms. The summed E-state index contributed by atoms with van der Waals surface area (Å²) in [5, 5.41) is 1.06. The normalized spacial score (nSPS) is 23.9. The molecule has 6 rings (SSSR count). The number of methoxy groups -OCH3 is 1. The molecule has 1 N–H and O–H groups in total. The molecule has 3 amide bonds. The molecule has 1 fully saturated rings. The number of hydrogen-bond donors (Lipinski definition) is 1. The van der Waals surface area contributed by atoms with Gasteiger partial charge in [-0.1, -0.05) is 42.5 Å². The van der Waals surface area contributed by atoms with Gasteiger partial charge in [0.1, 0.15) is 11.3 Å². The van der Waals surface area contributed by atoms with E-state index >= 15 is 0 Å². The molecular weight excluding hydrogens is 452 g/mol. The van der Waals surface area contributed by atoms with Crippen molar-refractivity contribution >= 4 is 22.8 Å². The summed E-state index contributed by atoms with van der Waals surface area (Å²) in [6, 6.07) is 15.7. The predicted octanol–water partition coefficient (Wildman–Crippen LogP) is 4.30. The number of carbonyl (C=O) groups is 2. The fourth-order valence-electron chi connectivity index (χ4n) is 6.14. The lowest BCUT2D eigenvalue weighted by Gasteiger charge is -2.42. The molecule has 7 heteroatoms. The SMILES string of the molecule is COc1ccc2[nH]c3c(c2c1)C[C@@]1(C)C(=O)N(CCN2CC=CCC2)C(=O)N1C3Cc1ccccc1. The topological polar surface area (TPSA) is 68.9 Å². The van der Waals surface area contributed by atoms with Gasteiger partial charge in [-0.3, -0.25) is 14.6 Å². The molecule has 7 nitrogen and oxygen atoms in total. The number of carbonyl (C=O) groups excluding carboxylic acids is 2. The first kappa shape index (κ1) is 22.9. The number of aromatic nitrogens is 1. The highest BCUT2D eigenvalue weighted by atomic mass is 16.5. The molecule has 186 valence electrons. The van der Waals surface area contributed by atoms with Crippen molar-refractivity contribution in [3.05, 3.63) is 77.5 Å². The molecule has 3 aromatic rings. The van der Waals surface area contributed by atoms with Crippen molar-refractivity contribution in [2.75, 3.05) is 33.3 Å². The highest BCUT2D eigenvalue weighted by Gasteiger charge is 2.59. The number of benzene rings is 2. The average molecular weight is 485 g/mol. The molecule has 0 radical (unpaired) electrons. The zero-order valence-corrected chi connectivity index (χ0v) is 20.9. The number of amides is 3. The molecule has 36 heavy (non-hydrogen) atoms. The Morgan fingerprint density at radius 1 is 1.08 bits per heavy atom. The number of fused-ring (bicyclic) bond motifs is 4. The summed E-state index contributed by atoms with van der Waals surface area (Å²) in [5.74, 6) is 0.684. The summed E-state index contributed by atoms with van der Waals surface area (Å²) in [7, 11) is 1.66. The van der Waals surface area contributed by atoms with Crippen molar-refractivity contribution in [3.8, 4) is 5.75 Å². The second kappa shape index (κ2) is 8.82. The van der Waals surface area contributed by atoms with E-state index in [1.54, 1.807) is 7.11 Å². The highest BCUT2D eigenvalue weighted by molar-refractivity contribution is 6.08. The van der Waals surface area contributed by atoms with Crippen LogP contribution in [0.4, 0.5) is 4.79 Å². The Morgan fingerprint density at radius 3 is 2.67 bits per heavy atom. The molecule has 2 aromatic carbocycles. The van der Waals surface area contributed by atoms with Crippen molar-refractivity contribution in [2.24, 2.45) is 0 Å². The molecule has 1 unspecified atom stereocenters. The van der Waals surface area contributed by atoms with E-state index in [2.05, 4.69) is 34.2 Å². The van der Waals surface area contributed by atoms with Crippen molar-refractivity contribution in [1.29, 1.82) is 0 Å². The first-order valence-electron chi connectivity index (χ1n) is 12.7. The Balaban J connectivity index is 1.40. The van der Waals surface area contributed by atoms with Gasteiger partial charge >= 0.3 is 6.03 Å². The second-order valence-corrected chi connectivity index (χ2v) is 10.3. The number of aromatic amines is 1. The number of H-pyrrole nitrogens is 1. The van der Waals surface area contributed by atoms with Gasteiger partial charge in [0.25, 0.3) is 5.91 Å². The summed E-state index contributed by atoms with van der Waals surface area (Å²) < 4.78 is 5.50. The van der Waals surface area contributed by atoms with Crippen molar-refractivity contribution < 1.29 is 14.3 Å². The van der Waals surface area contributed by atoms with Crippen LogP contribution in [0.1, 0.15) is 36.2 Å². The van der Waals surface area contributed by atoms with Gasteiger partial charge in [0, 0.05) is 49.2 Å². The van der Waals surface area contributed by atoms with Crippen LogP contribution in [-0.2, 0) is 17.6 Å². The molecule has 1 saturated heterocycles. The van der Waals surface area contributed by atoms with E-state index in [9.17, 15) is 9.59 Å². The van der Waals surface area contributed by atoms with Crippen LogP contribution in [0.25, 0.3) is 10.9 Å². The Kier molecular flexibility index (Phi) is 5.60. The lowest BCUT2D eigenvalue weighted by molar-refractivity contribution is -0.133. The van der Waals surface area contributed by atoms with E-state index in [1.807, 2.05) is 48.2 Å². The minimum atomic E-state index is -0.927. The number of ether oxygens (including phenoxy) is 1. The van der Waals surface area contributed by atoms with Crippen LogP contribution >= 0.6 is 0 Å². The third-order valence-electron chi connectivity index (χ3n) is 8.04. The van der Waals surface area contributed by atoms with Crippen molar-refractivity contribution in [2.45, 2.75) is 37.8 Å². The van der Waals surface area contributed by atoms with Crippen LogP contribution in [0, 0.1) is 0 Å². The summed E-state index contributed by atoms with van der Waals surface area (Å²) in [6.07, 6.45) is 6.47. The molecule has 4 heterocycles. The van der Waals surface area contributed by atoms with Gasteiger partial charge < -0.3 is 14.6 Å². The molecule has 3 aliphatic heterocycles. The predicted molar refractivity (Wildman–Crippen MR) is 139 cm³/mol. The zero-order chi connectivity index (χ0) is 24.9. The van der Waals surface area contributed by atoms with E-state index in [-0.39, 0.29) is 18.0 Å². The molecule has 0 spiro atoms. The monoisotopic (exact) mass is 484 g/mol. The fraction of sp³-hybridized carbons (Fsp3) is 0.379. The maximum absolute atomic E-state index is 13.9. The maximum atomic E-state index is 13.9. The second-order valence-electron chi connectivity index (χ2n) is 10.3. The van der Waals surface area contributed by atoms with Crippen LogP contribution in [0.3, 0.4) is 0 Å². The quantitative estimate of drug-likeness (QED) is 0.418. The zero-order valence-electron chi connectivity index (χ0n) is 20.9. The summed E-state index contributed by atoms with van der Waals surface area (Å²) in [6.45, 7) is 4.88. The van der Waals surface area contributed by atoms with E-state index in [1.165, 1.54) is 4.90 Å². The van der Waals surface area contributed by atoms with Gasteiger partial charge in [-0.05, 0) is 49.1 Å². The Morgan fingerprint density at radius 2 is 1.92 bits per heavy atom. The summed E-state index contributed by atoms with van der Waals surface area (Å²) in [4.78, 5) is 37.1. The fourth-order valence-corrected chi connectivity index (χ4v) is 6.14. The van der Waals surface area contributed by atoms with Crippen molar-refractivity contribution in [3.63, 3.8) is 0 Å². The summed E-state index contributed by atoms with van der Waals surface area (Å²) in [5.41, 5.74) is 3.33. The number of nitrogens with one attached hydrogen (secondary N) is 1. The molecule has 3 aliphatic rings. The highest BCUT2D eigenvalue weighted by Crippen LogP contribution is 2.47. The smallest absolute Gasteiger partial charge is 0.328 e. The van der Waals surface area contributed by atoms with E-state index in [4.69, 9.17) is 4.74 Å². The third-order valence-corrected chi connectivity index (χ3v) is 8.04. The van der Waals surface area contributed by atoms with Gasteiger partial charge in [-0.2, -0.15) is 0 Å². The van der Waals surface area contributed by atoms with E-state index < -0.39 is 5.54 Å². The minimum absolute atomic E-state index is 0.0963. The lowest BCUT2D eigenvalue weighted by atomic mass is 9.81. The number of hydrogen-bond acceptors (Lipinski definition) is 4. The minimum Gasteiger partial charge on any atom is -0.497 e. The van der Waals surface area contributed by atoms with Crippen LogP contribution in [0.2, 0.25) is 0 Å². The third kappa shape index (κ3) is 3.61. The van der Waals surface area contributed by atoms with Gasteiger partial charge in [0.2, 0.25) is 0 Å².